The second kappa shape index (κ2) is 11.1. The number of rotatable bonds is 11. The Balaban J connectivity index is 1.97. The van der Waals surface area contributed by atoms with Gasteiger partial charge in [0, 0.05) is 12.0 Å². The Bertz CT molecular complexity index is 553. The topological polar surface area (TPSA) is 130 Å². The van der Waals surface area contributed by atoms with Gasteiger partial charge in [-0.15, -0.1) is 0 Å². The van der Waals surface area contributed by atoms with E-state index in [4.69, 9.17) is 27.8 Å². The number of carbonyl (C=O) groups is 1. The predicted molar refractivity (Wildman–Crippen MR) is 102 cm³/mol. The van der Waals surface area contributed by atoms with Crippen molar-refractivity contribution in [3.63, 3.8) is 0 Å². The van der Waals surface area contributed by atoms with Crippen molar-refractivity contribution >= 4 is 29.5 Å². The van der Waals surface area contributed by atoms with E-state index in [2.05, 4.69) is 0 Å². The van der Waals surface area contributed by atoms with Crippen LogP contribution in [-0.4, -0.2) is 94.7 Å². The normalized spacial score (nSPS) is 35.0. The first-order valence-electron chi connectivity index (χ1n) is 9.59. The van der Waals surface area contributed by atoms with E-state index in [9.17, 15) is 19.6 Å². The van der Waals surface area contributed by atoms with Gasteiger partial charge in [-0.25, -0.2) is 4.57 Å². The van der Waals surface area contributed by atoms with Crippen molar-refractivity contribution in [1.82, 2.24) is 0 Å². The predicted octanol–water partition coefficient (Wildman–Crippen LogP) is -1.68. The summed E-state index contributed by atoms with van der Waals surface area (Å²) in [6.45, 7) is 1.18. The number of carbonyl (C=O) groups excluding carboxylic acids is 1. The Hall–Kier alpha value is -0.450. The molecular weight excluding hydrogens is 393 g/mol. The lowest BCUT2D eigenvalue weighted by Gasteiger charge is -2.25. The molecule has 2 heterocycles. The van der Waals surface area contributed by atoms with Crippen molar-refractivity contribution in [2.45, 2.75) is 62.6 Å². The molecule has 0 saturated carbocycles. The van der Waals surface area contributed by atoms with Gasteiger partial charge in [-0.1, -0.05) is 0 Å². The van der Waals surface area contributed by atoms with Crippen LogP contribution in [0.1, 0.15) is 26.2 Å². The Kier molecular flexibility index (Phi) is 9.43. The van der Waals surface area contributed by atoms with E-state index >= 15 is 0 Å². The average Bonchev–Trinajstić information content (AvgIpc) is 3.13. The van der Waals surface area contributed by atoms with Crippen LogP contribution in [0.2, 0.25) is 0 Å². The molecule has 0 bridgehead atoms. The molecule has 7 atom stereocenters. The summed E-state index contributed by atoms with van der Waals surface area (Å²) in [5.41, 5.74) is 0. The molecule has 2 rings (SSSR count). The van der Waals surface area contributed by atoms with E-state index in [0.29, 0.717) is 12.8 Å². The second-order valence-corrected chi connectivity index (χ2v) is 8.59. The summed E-state index contributed by atoms with van der Waals surface area (Å²) in [6, 6.07) is -0.326. The number of aliphatic hydroxyl groups excluding tert-OH is 2. The molecule has 2 unspecified atom stereocenters. The van der Waals surface area contributed by atoms with Crippen molar-refractivity contribution < 1.29 is 47.4 Å². The molecule has 10 nitrogen and oxygen atoms in total. The van der Waals surface area contributed by atoms with Crippen LogP contribution in [0.25, 0.3) is 0 Å². The van der Waals surface area contributed by atoms with E-state index in [1.807, 2.05) is 15.7 Å². The van der Waals surface area contributed by atoms with Gasteiger partial charge in [0.2, 0.25) is 0 Å². The van der Waals surface area contributed by atoms with Gasteiger partial charge in [0.15, 0.2) is 0 Å². The number of hydrogen-bond donors (Lipinski definition) is 2. The van der Waals surface area contributed by atoms with Crippen molar-refractivity contribution in [1.29, 1.82) is 0 Å². The van der Waals surface area contributed by atoms with E-state index in [0.717, 1.165) is 0 Å². The maximum Gasteiger partial charge on any atom is 0.475 e. The molecule has 0 radical (unpaired) electrons. The molecule has 2 aliphatic heterocycles. The maximum absolute atomic E-state index is 13.1. The minimum atomic E-state index is -4.11. The van der Waals surface area contributed by atoms with Crippen LogP contribution in [0, 0.1) is 0 Å². The summed E-state index contributed by atoms with van der Waals surface area (Å²) in [6.07, 6.45) is -2.03. The SMILES string of the molecule is B[C@H]1CC(O)[C@@H](CO[P@](=O)(OCCC(=O)OCC)OC2C[C@H](B)O[C@@H]2CO)O1. The molecule has 0 spiro atoms. The molecule has 0 amide bonds. The minimum Gasteiger partial charge on any atom is -0.466 e. The van der Waals surface area contributed by atoms with Gasteiger partial charge < -0.3 is 24.4 Å². The summed E-state index contributed by atoms with van der Waals surface area (Å²) in [5.74, 6) is -0.497. The lowest BCUT2D eigenvalue weighted by molar-refractivity contribution is -0.143. The quantitative estimate of drug-likeness (QED) is 0.226. The summed E-state index contributed by atoms with van der Waals surface area (Å²) in [7, 11) is -0.483. The summed E-state index contributed by atoms with van der Waals surface area (Å²) < 4.78 is 45.2. The number of phosphoric acid groups is 1. The summed E-state index contributed by atoms with van der Waals surface area (Å²) in [5, 5.41) is 19.4. The fourth-order valence-electron chi connectivity index (χ4n) is 3.18. The molecule has 0 aromatic heterocycles. The van der Waals surface area contributed by atoms with Gasteiger partial charge in [-0.3, -0.25) is 18.4 Å². The fraction of sp³-hybridized carbons (Fsp3) is 0.933. The average molecular weight is 422 g/mol. The Morgan fingerprint density at radius 1 is 1.18 bits per heavy atom. The summed E-state index contributed by atoms with van der Waals surface area (Å²) in [4.78, 5) is 11.5. The van der Waals surface area contributed by atoms with Crippen LogP contribution in [0.5, 0.6) is 0 Å². The monoisotopic (exact) mass is 422 g/mol. The Morgan fingerprint density at radius 2 is 1.86 bits per heavy atom. The third kappa shape index (κ3) is 7.11. The highest BCUT2D eigenvalue weighted by molar-refractivity contribution is 7.48. The Labute approximate surface area is 166 Å². The van der Waals surface area contributed by atoms with E-state index in [1.54, 1.807) is 6.92 Å². The molecule has 13 heteroatoms. The van der Waals surface area contributed by atoms with Crippen molar-refractivity contribution in [2.24, 2.45) is 0 Å². The lowest BCUT2D eigenvalue weighted by atomic mass is 9.96. The summed E-state index contributed by atoms with van der Waals surface area (Å²) >= 11 is 0. The van der Waals surface area contributed by atoms with Gasteiger partial charge in [-0.05, 0) is 19.8 Å². The van der Waals surface area contributed by atoms with E-state index < -0.39 is 38.2 Å². The largest absolute Gasteiger partial charge is 0.475 e. The molecular formula is C15H29B2O10P. The van der Waals surface area contributed by atoms with E-state index in [1.165, 1.54) is 0 Å². The first kappa shape index (κ1) is 23.8. The number of esters is 1. The van der Waals surface area contributed by atoms with Gasteiger partial charge in [0.25, 0.3) is 0 Å². The molecule has 160 valence electrons. The number of phosphoric ester groups is 1. The second-order valence-electron chi connectivity index (χ2n) is 6.97. The third-order valence-corrected chi connectivity index (χ3v) is 5.99. The zero-order chi connectivity index (χ0) is 20.7. The van der Waals surface area contributed by atoms with Crippen molar-refractivity contribution in [3.8, 4) is 0 Å². The van der Waals surface area contributed by atoms with Gasteiger partial charge in [0.1, 0.15) is 27.9 Å². The Morgan fingerprint density at radius 3 is 2.46 bits per heavy atom. The molecule has 0 aromatic carbocycles. The van der Waals surface area contributed by atoms with Crippen LogP contribution in [0.4, 0.5) is 0 Å². The third-order valence-electron chi connectivity index (χ3n) is 4.50. The van der Waals surface area contributed by atoms with Crippen LogP contribution in [-0.2, 0) is 37.1 Å². The minimum absolute atomic E-state index is 0.120. The number of hydrogen-bond acceptors (Lipinski definition) is 10. The van der Waals surface area contributed by atoms with Crippen LogP contribution in [0.15, 0.2) is 0 Å². The zero-order valence-corrected chi connectivity index (χ0v) is 17.4. The molecule has 28 heavy (non-hydrogen) atoms. The van der Waals surface area contributed by atoms with Crippen molar-refractivity contribution in [3.05, 3.63) is 0 Å². The van der Waals surface area contributed by atoms with Crippen LogP contribution < -0.4 is 0 Å². The smallest absolute Gasteiger partial charge is 0.466 e. The molecule has 2 saturated heterocycles. The number of ether oxygens (including phenoxy) is 3. The molecule has 0 aromatic rings. The van der Waals surface area contributed by atoms with Gasteiger partial charge >= 0.3 is 13.8 Å². The highest BCUT2D eigenvalue weighted by atomic mass is 31.2. The highest BCUT2D eigenvalue weighted by Gasteiger charge is 2.42. The molecule has 2 N–H and O–H groups in total. The van der Waals surface area contributed by atoms with Crippen LogP contribution >= 0.6 is 7.82 Å². The fourth-order valence-corrected chi connectivity index (χ4v) is 4.58. The van der Waals surface area contributed by atoms with Gasteiger partial charge in [-0.2, -0.15) is 0 Å². The molecule has 0 aliphatic carbocycles. The number of aliphatic hydroxyl groups is 2. The first-order chi connectivity index (χ1) is 13.3. The van der Waals surface area contributed by atoms with Gasteiger partial charge in [0.05, 0.1) is 45.1 Å². The lowest BCUT2D eigenvalue weighted by Crippen LogP contribution is -2.29. The molecule has 2 fully saturated rings. The van der Waals surface area contributed by atoms with Crippen molar-refractivity contribution in [2.75, 3.05) is 26.4 Å². The maximum atomic E-state index is 13.1. The standard InChI is InChI=1S/C15H29B2O10P/c1-2-22-15(20)3-4-23-28(21,24-8-12-9(19)5-13(16)26-12)27-10-6-14(17)25-11(10)7-18/h9-14,18-19H,2-8,16-17H2,1H3/t9?,10?,11-,12-,13-,14-,28+/m1/s1. The molecule has 2 aliphatic rings. The zero-order valence-electron chi connectivity index (χ0n) is 16.5. The highest BCUT2D eigenvalue weighted by Crippen LogP contribution is 2.52. The van der Waals surface area contributed by atoms with E-state index in [-0.39, 0.29) is 44.9 Å². The van der Waals surface area contributed by atoms with Crippen LogP contribution in [0.3, 0.4) is 0 Å². The first-order valence-corrected chi connectivity index (χ1v) is 11.0.